The van der Waals surface area contributed by atoms with Crippen molar-refractivity contribution in [2.75, 3.05) is 11.5 Å². The second-order valence-corrected chi connectivity index (χ2v) is 5.36. The molecule has 2 unspecified atom stereocenters. The molecule has 0 fully saturated rings. The van der Waals surface area contributed by atoms with Crippen LogP contribution in [0.2, 0.25) is 0 Å². The van der Waals surface area contributed by atoms with E-state index >= 15 is 0 Å². The van der Waals surface area contributed by atoms with Crippen LogP contribution in [0.5, 0.6) is 0 Å². The van der Waals surface area contributed by atoms with Gasteiger partial charge in [0.2, 0.25) is 5.75 Å². The zero-order chi connectivity index (χ0) is 10.4. The Hall–Kier alpha value is -0.440. The molecular weight excluding hydrogens is 218 g/mol. The maximum Gasteiger partial charge on any atom is 0.355 e. The molecule has 0 aliphatic rings. The van der Waals surface area contributed by atoms with E-state index in [2.05, 4.69) is 0 Å². The number of hydrogen-bond acceptors (Lipinski definition) is 5. The van der Waals surface area contributed by atoms with Crippen LogP contribution in [-0.2, 0) is 19.8 Å². The Balaban J connectivity index is 3.63. The first-order valence-electron chi connectivity index (χ1n) is 3.15. The summed E-state index contributed by atoms with van der Waals surface area (Å²) in [5, 5.41) is 16.5. The van der Waals surface area contributed by atoms with Gasteiger partial charge in [-0.05, 0) is 0 Å². The van der Waals surface area contributed by atoms with Crippen LogP contribution in [0.4, 0.5) is 0 Å². The van der Waals surface area contributed by atoms with Gasteiger partial charge in [-0.3, -0.25) is 4.79 Å². The van der Waals surface area contributed by atoms with Gasteiger partial charge in [0.05, 0.1) is 16.5 Å². The largest absolute Gasteiger partial charge is 0.605 e. The van der Waals surface area contributed by atoms with Crippen LogP contribution in [-0.4, -0.2) is 44.3 Å². The Labute approximate surface area is 81.1 Å². The summed E-state index contributed by atoms with van der Waals surface area (Å²) in [7, 11) is -0.887. The lowest BCUT2D eigenvalue weighted by Gasteiger charge is -2.07. The van der Waals surface area contributed by atoms with E-state index < -0.39 is 33.9 Å². The first-order valence-corrected chi connectivity index (χ1v) is 5.97. The third-order valence-electron chi connectivity index (χ3n) is 0.938. The monoisotopic (exact) mass is 227 g/mol. The lowest BCUT2D eigenvalue weighted by molar-refractivity contribution is -0.138. The Morgan fingerprint density at radius 2 is 2.08 bits per heavy atom. The fourth-order valence-electron chi connectivity index (χ4n) is 0.363. The van der Waals surface area contributed by atoms with Crippen molar-refractivity contribution in [1.82, 2.24) is 0 Å². The number of carbonyl (C=O) groups is 2. The van der Waals surface area contributed by atoms with E-state index in [0.29, 0.717) is 0 Å². The number of carboxylic acid groups (broad SMARTS) is 2. The Morgan fingerprint density at radius 3 is 2.46 bits per heavy atom. The van der Waals surface area contributed by atoms with Crippen LogP contribution >= 0.6 is 10.8 Å². The third kappa shape index (κ3) is 6.70. The van der Waals surface area contributed by atoms with E-state index in [4.69, 9.17) is 15.9 Å². The molecule has 0 bridgehead atoms. The lowest BCUT2D eigenvalue weighted by Crippen LogP contribution is -2.33. The van der Waals surface area contributed by atoms with Gasteiger partial charge < -0.3 is 20.5 Å². The predicted octanol–water partition coefficient (Wildman–Crippen LogP) is -1.12. The van der Waals surface area contributed by atoms with Crippen LogP contribution in [0, 0.1) is 0 Å². The van der Waals surface area contributed by atoms with Crippen molar-refractivity contribution in [3.05, 3.63) is 0 Å². The van der Waals surface area contributed by atoms with Crippen molar-refractivity contribution in [3.63, 3.8) is 0 Å². The van der Waals surface area contributed by atoms with E-state index in [9.17, 15) is 14.1 Å². The number of nitrogens with two attached hydrogens (primary N) is 1. The highest BCUT2D eigenvalue weighted by atomic mass is 33.1. The molecule has 8 heteroatoms. The first kappa shape index (κ1) is 12.6. The molecule has 0 aliphatic heterocycles. The Morgan fingerprint density at radius 1 is 1.54 bits per heavy atom. The van der Waals surface area contributed by atoms with Gasteiger partial charge in [-0.15, -0.1) is 0 Å². The van der Waals surface area contributed by atoms with Crippen molar-refractivity contribution in [1.29, 1.82) is 0 Å². The summed E-state index contributed by atoms with van der Waals surface area (Å²) in [6.45, 7) is 0. The van der Waals surface area contributed by atoms with Gasteiger partial charge in [0.25, 0.3) is 0 Å². The SMILES string of the molecule is NC(CS[S+]([O-])CC(=O)O)C(=O)O. The van der Waals surface area contributed by atoms with Crippen LogP contribution < -0.4 is 5.73 Å². The summed E-state index contributed by atoms with van der Waals surface area (Å²) in [4.78, 5) is 20.2. The summed E-state index contributed by atoms with van der Waals surface area (Å²) >= 11 is 0. The molecule has 0 heterocycles. The van der Waals surface area contributed by atoms with E-state index in [1.807, 2.05) is 0 Å². The second-order valence-electron chi connectivity index (χ2n) is 2.07. The quantitative estimate of drug-likeness (QED) is 0.388. The molecule has 4 N–H and O–H groups in total. The molecule has 2 atom stereocenters. The minimum absolute atomic E-state index is 0.0603. The standard InChI is InChI=1S/C5H9NO5S2/c6-3(5(9)10)1-12-13(11)2-4(7)8/h3H,1-2,6H2,(H,7,8)(H,9,10). The molecule has 0 amide bonds. The number of aliphatic carboxylic acids is 2. The summed E-state index contributed by atoms with van der Waals surface area (Å²) in [5.41, 5.74) is 5.09. The van der Waals surface area contributed by atoms with Gasteiger partial charge in [0.15, 0.2) is 0 Å². The highest BCUT2D eigenvalue weighted by molar-refractivity contribution is 8.72. The molecule has 0 aromatic heterocycles. The van der Waals surface area contributed by atoms with Gasteiger partial charge in [0, 0.05) is 10.2 Å². The van der Waals surface area contributed by atoms with Crippen molar-refractivity contribution in [2.24, 2.45) is 5.73 Å². The topological polar surface area (TPSA) is 124 Å². The Bertz CT molecular complexity index is 199. The van der Waals surface area contributed by atoms with E-state index in [1.54, 1.807) is 0 Å². The van der Waals surface area contributed by atoms with Crippen molar-refractivity contribution >= 4 is 32.9 Å². The maximum absolute atomic E-state index is 10.8. The molecule has 13 heavy (non-hydrogen) atoms. The van der Waals surface area contributed by atoms with Crippen molar-refractivity contribution in [2.45, 2.75) is 6.04 Å². The number of carboxylic acids is 2. The molecule has 6 nitrogen and oxygen atoms in total. The van der Waals surface area contributed by atoms with Gasteiger partial charge >= 0.3 is 11.9 Å². The number of hydrogen-bond donors (Lipinski definition) is 3. The molecule has 0 aromatic rings. The van der Waals surface area contributed by atoms with Gasteiger partial charge in [-0.2, -0.15) is 0 Å². The normalized spacial score (nSPS) is 14.9. The molecule has 0 rings (SSSR count). The smallest absolute Gasteiger partial charge is 0.355 e. The van der Waals surface area contributed by atoms with Crippen LogP contribution in [0.25, 0.3) is 0 Å². The van der Waals surface area contributed by atoms with Gasteiger partial charge in [-0.25, -0.2) is 4.79 Å². The second kappa shape index (κ2) is 6.08. The minimum Gasteiger partial charge on any atom is -0.605 e. The summed E-state index contributed by atoms with van der Waals surface area (Å²) < 4.78 is 10.8. The zero-order valence-corrected chi connectivity index (χ0v) is 8.14. The molecule has 0 aliphatic carbocycles. The first-order chi connectivity index (χ1) is 5.93. The molecule has 0 radical (unpaired) electrons. The van der Waals surface area contributed by atoms with Gasteiger partial charge in [0.1, 0.15) is 6.04 Å². The lowest BCUT2D eigenvalue weighted by atomic mass is 10.4. The molecule has 0 saturated carbocycles. The number of rotatable bonds is 6. The summed E-state index contributed by atoms with van der Waals surface area (Å²) in [6.07, 6.45) is 0. The van der Waals surface area contributed by atoms with Crippen LogP contribution in [0.15, 0.2) is 0 Å². The zero-order valence-electron chi connectivity index (χ0n) is 6.50. The fraction of sp³-hybridized carbons (Fsp3) is 0.600. The molecule has 76 valence electrons. The van der Waals surface area contributed by atoms with E-state index in [0.717, 1.165) is 10.8 Å². The molecule has 0 saturated heterocycles. The van der Waals surface area contributed by atoms with Crippen LogP contribution in [0.3, 0.4) is 0 Å². The third-order valence-corrected chi connectivity index (χ3v) is 3.73. The van der Waals surface area contributed by atoms with Crippen molar-refractivity contribution < 1.29 is 24.4 Å². The van der Waals surface area contributed by atoms with E-state index in [1.165, 1.54) is 0 Å². The molecule has 0 spiro atoms. The van der Waals surface area contributed by atoms with Crippen molar-refractivity contribution in [3.8, 4) is 0 Å². The highest BCUT2D eigenvalue weighted by Gasteiger charge is 2.19. The Kier molecular flexibility index (Phi) is 5.88. The van der Waals surface area contributed by atoms with Crippen LogP contribution in [0.1, 0.15) is 0 Å². The average Bonchev–Trinajstić information content (AvgIpc) is 1.98. The average molecular weight is 227 g/mol. The maximum atomic E-state index is 10.8. The fourth-order valence-corrected chi connectivity index (χ4v) is 2.54. The summed E-state index contributed by atoms with van der Waals surface area (Å²) in [5.74, 6) is -2.94. The van der Waals surface area contributed by atoms with Gasteiger partial charge in [-0.1, -0.05) is 0 Å². The highest BCUT2D eigenvalue weighted by Crippen LogP contribution is 2.13. The molecular formula is C5H9NO5S2. The molecule has 0 aromatic carbocycles. The minimum atomic E-state index is -1.61. The van der Waals surface area contributed by atoms with E-state index in [-0.39, 0.29) is 5.75 Å². The summed E-state index contributed by atoms with van der Waals surface area (Å²) in [6, 6.07) is -1.11. The predicted molar refractivity (Wildman–Crippen MR) is 48.7 cm³/mol.